The number of thioether (sulfide) groups is 1. The smallest absolute Gasteiger partial charge is 0.387 e. The van der Waals surface area contributed by atoms with E-state index in [9.17, 15) is 23.2 Å². The lowest BCUT2D eigenvalue weighted by molar-refractivity contribution is -0.124. The Balaban J connectivity index is 1.51. The summed E-state index contributed by atoms with van der Waals surface area (Å²) in [5.74, 6) is -0.0178. The first kappa shape index (κ1) is 23.3. The van der Waals surface area contributed by atoms with Crippen LogP contribution in [0.15, 0.2) is 53.4 Å². The van der Waals surface area contributed by atoms with E-state index in [2.05, 4.69) is 10.1 Å². The number of alkyl halides is 2. The third-order valence-electron chi connectivity index (χ3n) is 4.46. The number of amides is 3. The Morgan fingerprint density at radius 2 is 1.75 bits per heavy atom. The molecule has 1 aliphatic rings. The predicted octanol–water partition coefficient (Wildman–Crippen LogP) is 3.69. The minimum absolute atomic E-state index is 0.00404. The lowest BCUT2D eigenvalue weighted by atomic mass is 10.1. The van der Waals surface area contributed by atoms with E-state index in [0.717, 1.165) is 22.2 Å². The van der Waals surface area contributed by atoms with E-state index < -0.39 is 17.8 Å². The van der Waals surface area contributed by atoms with Gasteiger partial charge >= 0.3 is 6.61 Å². The van der Waals surface area contributed by atoms with Crippen LogP contribution in [-0.2, 0) is 16.0 Å². The molecule has 3 amide bonds. The van der Waals surface area contributed by atoms with Crippen LogP contribution >= 0.6 is 11.8 Å². The molecule has 10 heteroatoms. The highest BCUT2D eigenvalue weighted by molar-refractivity contribution is 8.18. The summed E-state index contributed by atoms with van der Waals surface area (Å²) in [6.45, 7) is -2.76. The van der Waals surface area contributed by atoms with Crippen molar-refractivity contribution in [3.63, 3.8) is 0 Å². The van der Waals surface area contributed by atoms with Crippen molar-refractivity contribution in [1.82, 2.24) is 10.2 Å². The summed E-state index contributed by atoms with van der Waals surface area (Å²) in [6, 6.07) is 12.8. The number of ether oxygens (including phenoxy) is 2. The summed E-state index contributed by atoms with van der Waals surface area (Å²) in [5, 5.41) is 2.25. The third kappa shape index (κ3) is 6.30. The van der Waals surface area contributed by atoms with E-state index in [1.165, 1.54) is 30.3 Å². The third-order valence-corrected chi connectivity index (χ3v) is 5.37. The van der Waals surface area contributed by atoms with Crippen LogP contribution in [0.5, 0.6) is 11.5 Å². The second-order valence-electron chi connectivity index (χ2n) is 6.66. The molecule has 0 radical (unpaired) electrons. The quantitative estimate of drug-likeness (QED) is 0.572. The summed E-state index contributed by atoms with van der Waals surface area (Å²) < 4.78 is 33.8. The summed E-state index contributed by atoms with van der Waals surface area (Å²) in [5.41, 5.74) is 1.37. The molecule has 0 atom stereocenters. The molecule has 1 aliphatic heterocycles. The summed E-state index contributed by atoms with van der Waals surface area (Å²) in [7, 11) is 1.56. The topological polar surface area (TPSA) is 84.9 Å². The number of hydrogen-bond acceptors (Lipinski definition) is 6. The number of halogens is 2. The minimum atomic E-state index is -2.92. The van der Waals surface area contributed by atoms with Crippen molar-refractivity contribution in [2.75, 3.05) is 20.2 Å². The SMILES string of the molecule is COc1ccc(CC(=O)NCCN2C(=O)S/C(=C/c3ccc(OC(F)F)cc3)C2=O)cc1. The number of rotatable bonds is 9. The van der Waals surface area contributed by atoms with Crippen molar-refractivity contribution in [3.05, 3.63) is 64.6 Å². The van der Waals surface area contributed by atoms with Gasteiger partial charge in [-0.2, -0.15) is 8.78 Å². The maximum Gasteiger partial charge on any atom is 0.387 e. The van der Waals surface area contributed by atoms with Crippen LogP contribution in [0, 0.1) is 0 Å². The van der Waals surface area contributed by atoms with Crippen LogP contribution in [0.4, 0.5) is 13.6 Å². The van der Waals surface area contributed by atoms with Gasteiger partial charge in [-0.05, 0) is 53.2 Å². The van der Waals surface area contributed by atoms with Gasteiger partial charge in [0.15, 0.2) is 0 Å². The second-order valence-corrected chi connectivity index (χ2v) is 7.65. The first-order valence-electron chi connectivity index (χ1n) is 9.55. The van der Waals surface area contributed by atoms with Gasteiger partial charge < -0.3 is 14.8 Å². The number of nitrogens with one attached hydrogen (secondary N) is 1. The molecule has 0 spiro atoms. The fourth-order valence-corrected chi connectivity index (χ4v) is 3.75. The molecule has 3 rings (SSSR count). The number of carbonyl (C=O) groups is 3. The largest absolute Gasteiger partial charge is 0.497 e. The molecule has 1 N–H and O–H groups in total. The molecule has 2 aromatic carbocycles. The molecule has 32 heavy (non-hydrogen) atoms. The van der Waals surface area contributed by atoms with E-state index in [1.54, 1.807) is 31.4 Å². The highest BCUT2D eigenvalue weighted by Gasteiger charge is 2.34. The monoisotopic (exact) mass is 462 g/mol. The zero-order valence-corrected chi connectivity index (χ0v) is 17.9. The van der Waals surface area contributed by atoms with Crippen molar-refractivity contribution in [2.45, 2.75) is 13.0 Å². The molecule has 0 aromatic heterocycles. The second kappa shape index (κ2) is 10.8. The Hall–Kier alpha value is -3.40. The van der Waals surface area contributed by atoms with Crippen LogP contribution in [0.25, 0.3) is 6.08 Å². The number of benzene rings is 2. The average molecular weight is 462 g/mol. The first-order valence-corrected chi connectivity index (χ1v) is 10.4. The van der Waals surface area contributed by atoms with Crippen LogP contribution in [0.1, 0.15) is 11.1 Å². The number of carbonyl (C=O) groups excluding carboxylic acids is 3. The fraction of sp³-hybridized carbons (Fsp3) is 0.227. The van der Waals surface area contributed by atoms with Gasteiger partial charge in [-0.25, -0.2) is 0 Å². The highest BCUT2D eigenvalue weighted by atomic mass is 32.2. The number of methoxy groups -OCH3 is 1. The molecular formula is C22H20F2N2O5S. The van der Waals surface area contributed by atoms with E-state index >= 15 is 0 Å². The molecule has 0 aliphatic carbocycles. The summed E-state index contributed by atoms with van der Waals surface area (Å²) in [6.07, 6.45) is 1.66. The van der Waals surface area contributed by atoms with Crippen LogP contribution < -0.4 is 14.8 Å². The first-order chi connectivity index (χ1) is 15.4. The Morgan fingerprint density at radius 1 is 1.09 bits per heavy atom. The maximum absolute atomic E-state index is 12.5. The number of imide groups is 1. The molecular weight excluding hydrogens is 442 g/mol. The van der Waals surface area contributed by atoms with Gasteiger partial charge in [0.1, 0.15) is 11.5 Å². The normalized spacial score (nSPS) is 14.9. The maximum atomic E-state index is 12.5. The summed E-state index contributed by atoms with van der Waals surface area (Å²) >= 11 is 0.779. The van der Waals surface area contributed by atoms with Crippen molar-refractivity contribution in [2.24, 2.45) is 0 Å². The van der Waals surface area contributed by atoms with Gasteiger partial charge in [-0.1, -0.05) is 24.3 Å². The Kier molecular flexibility index (Phi) is 7.82. The van der Waals surface area contributed by atoms with E-state index in [-0.39, 0.29) is 36.1 Å². The standard InChI is InChI=1S/C22H20F2N2O5S/c1-30-16-6-2-15(3-7-16)13-19(27)25-10-11-26-20(28)18(32-22(26)29)12-14-4-8-17(9-5-14)31-21(23)24/h2-9,12,21H,10-11,13H2,1H3,(H,25,27)/b18-12+. The molecule has 0 unspecified atom stereocenters. The Bertz CT molecular complexity index is 1010. The van der Waals surface area contributed by atoms with Crippen molar-refractivity contribution < 1.29 is 32.6 Å². The molecule has 0 saturated carbocycles. The van der Waals surface area contributed by atoms with E-state index in [1.807, 2.05) is 0 Å². The lowest BCUT2D eigenvalue weighted by Crippen LogP contribution is -2.37. The van der Waals surface area contributed by atoms with Crippen molar-refractivity contribution in [1.29, 1.82) is 0 Å². The van der Waals surface area contributed by atoms with Crippen LogP contribution in [0.2, 0.25) is 0 Å². The molecule has 1 saturated heterocycles. The van der Waals surface area contributed by atoms with Gasteiger partial charge in [0, 0.05) is 13.1 Å². The molecule has 7 nitrogen and oxygen atoms in total. The zero-order chi connectivity index (χ0) is 23.1. The van der Waals surface area contributed by atoms with Gasteiger partial charge in [-0.15, -0.1) is 0 Å². The predicted molar refractivity (Wildman–Crippen MR) is 115 cm³/mol. The Labute approximate surface area is 187 Å². The molecule has 0 bridgehead atoms. The Morgan fingerprint density at radius 3 is 2.38 bits per heavy atom. The van der Waals surface area contributed by atoms with Gasteiger partial charge in [0.05, 0.1) is 18.4 Å². The number of hydrogen-bond donors (Lipinski definition) is 1. The minimum Gasteiger partial charge on any atom is -0.497 e. The average Bonchev–Trinajstić information content (AvgIpc) is 3.02. The highest BCUT2D eigenvalue weighted by Crippen LogP contribution is 2.32. The zero-order valence-electron chi connectivity index (χ0n) is 17.0. The van der Waals surface area contributed by atoms with Gasteiger partial charge in [-0.3, -0.25) is 19.3 Å². The summed E-state index contributed by atoms with van der Waals surface area (Å²) in [4.78, 5) is 38.1. The number of nitrogens with zero attached hydrogens (tertiary/aromatic N) is 1. The molecule has 1 fully saturated rings. The van der Waals surface area contributed by atoms with Crippen LogP contribution in [-0.4, -0.2) is 48.8 Å². The van der Waals surface area contributed by atoms with Crippen molar-refractivity contribution >= 4 is 34.9 Å². The van der Waals surface area contributed by atoms with E-state index in [0.29, 0.717) is 11.3 Å². The van der Waals surface area contributed by atoms with Gasteiger partial charge in [0.2, 0.25) is 5.91 Å². The molecule has 2 aromatic rings. The fourth-order valence-electron chi connectivity index (χ4n) is 2.89. The van der Waals surface area contributed by atoms with Gasteiger partial charge in [0.25, 0.3) is 11.1 Å². The molecule has 1 heterocycles. The van der Waals surface area contributed by atoms with E-state index in [4.69, 9.17) is 4.74 Å². The lowest BCUT2D eigenvalue weighted by Gasteiger charge is -2.13. The van der Waals surface area contributed by atoms with Crippen molar-refractivity contribution in [3.8, 4) is 11.5 Å². The molecule has 168 valence electrons. The van der Waals surface area contributed by atoms with Crippen LogP contribution in [0.3, 0.4) is 0 Å².